The van der Waals surface area contributed by atoms with Crippen molar-refractivity contribution >= 4 is 28.5 Å². The van der Waals surface area contributed by atoms with Gasteiger partial charge >= 0.3 is 5.97 Å². The third-order valence-corrected chi connectivity index (χ3v) is 3.58. The number of aliphatic hydroxyl groups excluding tert-OH is 1. The van der Waals surface area contributed by atoms with E-state index in [9.17, 15) is 9.90 Å². The molecule has 0 heterocycles. The highest BCUT2D eigenvalue weighted by atomic mass is 32.2. The van der Waals surface area contributed by atoms with Crippen LogP contribution in [-0.4, -0.2) is 28.0 Å². The predicted octanol–water partition coefficient (Wildman–Crippen LogP) is 2.38. The van der Waals surface area contributed by atoms with Crippen LogP contribution in [0.4, 0.5) is 0 Å². The van der Waals surface area contributed by atoms with Crippen molar-refractivity contribution in [2.24, 2.45) is 0 Å². The second-order valence-corrected chi connectivity index (χ2v) is 4.70. The van der Waals surface area contributed by atoms with Crippen LogP contribution in [-0.2, 0) is 4.79 Å². The number of rotatable bonds is 4. The van der Waals surface area contributed by atoms with Crippen molar-refractivity contribution < 1.29 is 15.0 Å². The van der Waals surface area contributed by atoms with Crippen LogP contribution in [0.15, 0.2) is 47.4 Å². The zero-order valence-electron chi connectivity index (χ0n) is 9.04. The third kappa shape index (κ3) is 2.78. The zero-order valence-corrected chi connectivity index (χ0v) is 9.85. The highest BCUT2D eigenvalue weighted by Gasteiger charge is 2.13. The van der Waals surface area contributed by atoms with Gasteiger partial charge in [-0.05, 0) is 16.8 Å². The number of aliphatic hydroxyl groups is 1. The molecule has 0 bridgehead atoms. The molecule has 0 aliphatic carbocycles. The molecule has 0 saturated carbocycles. The van der Waals surface area contributed by atoms with E-state index in [1.807, 2.05) is 42.5 Å². The largest absolute Gasteiger partial charge is 0.479 e. The first-order valence-corrected chi connectivity index (χ1v) is 6.18. The lowest BCUT2D eigenvalue weighted by atomic mass is 10.1. The minimum absolute atomic E-state index is 0.156. The normalized spacial score (nSPS) is 12.5. The number of hydrogen-bond donors (Lipinski definition) is 2. The van der Waals surface area contributed by atoms with E-state index in [-0.39, 0.29) is 5.75 Å². The van der Waals surface area contributed by atoms with Crippen LogP contribution in [0, 0.1) is 0 Å². The van der Waals surface area contributed by atoms with Crippen LogP contribution in [0.5, 0.6) is 0 Å². The lowest BCUT2D eigenvalue weighted by molar-refractivity contribution is -0.145. The minimum Gasteiger partial charge on any atom is -0.479 e. The van der Waals surface area contributed by atoms with E-state index in [1.54, 1.807) is 0 Å². The van der Waals surface area contributed by atoms with Crippen molar-refractivity contribution in [1.29, 1.82) is 0 Å². The Labute approximate surface area is 103 Å². The van der Waals surface area contributed by atoms with Gasteiger partial charge in [0.25, 0.3) is 0 Å². The lowest BCUT2D eigenvalue weighted by Crippen LogP contribution is -2.21. The highest BCUT2D eigenvalue weighted by Crippen LogP contribution is 2.28. The second kappa shape index (κ2) is 5.21. The molecule has 0 amide bonds. The maximum atomic E-state index is 10.5. The monoisotopic (exact) mass is 248 g/mol. The summed E-state index contributed by atoms with van der Waals surface area (Å²) in [5.74, 6) is -1.03. The Balaban J connectivity index is 2.21. The molecule has 4 heteroatoms. The maximum absolute atomic E-state index is 10.5. The summed E-state index contributed by atoms with van der Waals surface area (Å²) < 4.78 is 0. The van der Waals surface area contributed by atoms with E-state index in [2.05, 4.69) is 0 Å². The quantitative estimate of drug-likeness (QED) is 0.816. The van der Waals surface area contributed by atoms with Crippen molar-refractivity contribution in [1.82, 2.24) is 0 Å². The first-order chi connectivity index (χ1) is 8.18. The summed E-state index contributed by atoms with van der Waals surface area (Å²) in [4.78, 5) is 11.5. The molecule has 3 nitrogen and oxygen atoms in total. The molecule has 0 aliphatic rings. The number of fused-ring (bicyclic) bond motifs is 1. The zero-order chi connectivity index (χ0) is 12.3. The molecular weight excluding hydrogens is 236 g/mol. The molecule has 2 aromatic carbocycles. The summed E-state index contributed by atoms with van der Waals surface area (Å²) in [5.41, 5.74) is 0. The van der Waals surface area contributed by atoms with E-state index in [0.29, 0.717) is 0 Å². The molecule has 17 heavy (non-hydrogen) atoms. The molecule has 0 saturated heterocycles. The van der Waals surface area contributed by atoms with Gasteiger partial charge in [0.05, 0.1) is 0 Å². The van der Waals surface area contributed by atoms with Crippen LogP contribution in [0.1, 0.15) is 0 Å². The average Bonchev–Trinajstić information content (AvgIpc) is 2.35. The smallest absolute Gasteiger partial charge is 0.333 e. The number of carbonyl (C=O) groups is 1. The number of carboxylic acids is 1. The molecule has 2 N–H and O–H groups in total. The van der Waals surface area contributed by atoms with E-state index in [4.69, 9.17) is 5.11 Å². The van der Waals surface area contributed by atoms with Gasteiger partial charge in [0.15, 0.2) is 6.10 Å². The van der Waals surface area contributed by atoms with Crippen molar-refractivity contribution in [2.75, 3.05) is 5.75 Å². The Kier molecular flexibility index (Phi) is 3.66. The summed E-state index contributed by atoms with van der Waals surface area (Å²) in [7, 11) is 0. The van der Waals surface area contributed by atoms with E-state index >= 15 is 0 Å². The first kappa shape index (κ1) is 12.0. The van der Waals surface area contributed by atoms with Gasteiger partial charge < -0.3 is 10.2 Å². The maximum Gasteiger partial charge on any atom is 0.333 e. The van der Waals surface area contributed by atoms with Crippen molar-refractivity contribution in [3.05, 3.63) is 42.5 Å². The average molecular weight is 248 g/mol. The Morgan fingerprint density at radius 1 is 1.18 bits per heavy atom. The molecule has 0 radical (unpaired) electrons. The fourth-order valence-corrected chi connectivity index (χ4v) is 2.56. The molecule has 0 fully saturated rings. The van der Waals surface area contributed by atoms with Gasteiger partial charge in [0, 0.05) is 10.6 Å². The van der Waals surface area contributed by atoms with Gasteiger partial charge in [0.2, 0.25) is 0 Å². The van der Waals surface area contributed by atoms with Crippen LogP contribution in [0.3, 0.4) is 0 Å². The Morgan fingerprint density at radius 3 is 2.65 bits per heavy atom. The molecular formula is C13H12O3S. The minimum atomic E-state index is -1.32. The second-order valence-electron chi connectivity index (χ2n) is 3.64. The standard InChI is InChI=1S/C13H12O3S/c14-11(13(15)16)8-17-12-7-3-5-9-4-1-2-6-10(9)12/h1-7,11,14H,8H2,(H,15,16). The van der Waals surface area contributed by atoms with Crippen molar-refractivity contribution in [2.45, 2.75) is 11.0 Å². The van der Waals surface area contributed by atoms with Gasteiger partial charge in [-0.2, -0.15) is 0 Å². The van der Waals surface area contributed by atoms with E-state index < -0.39 is 12.1 Å². The molecule has 0 spiro atoms. The molecule has 2 rings (SSSR count). The number of thioether (sulfide) groups is 1. The lowest BCUT2D eigenvalue weighted by Gasteiger charge is -2.07. The van der Waals surface area contributed by atoms with Gasteiger partial charge in [-0.25, -0.2) is 4.79 Å². The van der Waals surface area contributed by atoms with Gasteiger partial charge in [-0.15, -0.1) is 11.8 Å². The van der Waals surface area contributed by atoms with E-state index in [0.717, 1.165) is 15.7 Å². The van der Waals surface area contributed by atoms with Gasteiger partial charge in [0.1, 0.15) is 0 Å². The number of benzene rings is 2. The van der Waals surface area contributed by atoms with Crippen LogP contribution >= 0.6 is 11.8 Å². The Bertz CT molecular complexity index is 534. The summed E-state index contributed by atoms with van der Waals surface area (Å²) in [6, 6.07) is 13.8. The Hall–Kier alpha value is -1.52. The van der Waals surface area contributed by atoms with Crippen LogP contribution in [0.25, 0.3) is 10.8 Å². The fraction of sp³-hybridized carbons (Fsp3) is 0.154. The molecule has 1 atom stereocenters. The molecule has 0 aliphatic heterocycles. The molecule has 0 aromatic heterocycles. The van der Waals surface area contributed by atoms with Crippen molar-refractivity contribution in [3.8, 4) is 0 Å². The summed E-state index contributed by atoms with van der Waals surface area (Å²) >= 11 is 1.36. The van der Waals surface area contributed by atoms with Crippen LogP contribution in [0.2, 0.25) is 0 Å². The highest BCUT2D eigenvalue weighted by molar-refractivity contribution is 7.99. The molecule has 2 aromatic rings. The Morgan fingerprint density at radius 2 is 1.88 bits per heavy atom. The number of carboxylic acid groups (broad SMARTS) is 1. The number of hydrogen-bond acceptors (Lipinski definition) is 3. The predicted molar refractivity (Wildman–Crippen MR) is 68.3 cm³/mol. The number of aliphatic carboxylic acids is 1. The van der Waals surface area contributed by atoms with E-state index in [1.165, 1.54) is 11.8 Å². The molecule has 1 unspecified atom stereocenters. The summed E-state index contributed by atoms with van der Waals surface area (Å²) in [6.07, 6.45) is -1.32. The molecule has 88 valence electrons. The first-order valence-electron chi connectivity index (χ1n) is 5.20. The SMILES string of the molecule is O=C(O)C(O)CSc1cccc2ccccc12. The van der Waals surface area contributed by atoms with Gasteiger partial charge in [-0.3, -0.25) is 0 Å². The van der Waals surface area contributed by atoms with Crippen molar-refractivity contribution in [3.63, 3.8) is 0 Å². The third-order valence-electron chi connectivity index (χ3n) is 2.43. The topological polar surface area (TPSA) is 57.5 Å². The van der Waals surface area contributed by atoms with Gasteiger partial charge in [-0.1, -0.05) is 36.4 Å². The van der Waals surface area contributed by atoms with Crippen LogP contribution < -0.4 is 0 Å². The summed E-state index contributed by atoms with van der Waals surface area (Å²) in [5, 5.41) is 20.0. The summed E-state index contributed by atoms with van der Waals surface area (Å²) in [6.45, 7) is 0. The fourth-order valence-electron chi connectivity index (χ4n) is 1.56.